The van der Waals surface area contributed by atoms with Crippen LogP contribution in [0.25, 0.3) is 11.0 Å². The van der Waals surface area contributed by atoms with Crippen LogP contribution in [0.15, 0.2) is 46.9 Å². The van der Waals surface area contributed by atoms with Crippen LogP contribution in [0.5, 0.6) is 0 Å². The molecule has 0 bridgehead atoms. The summed E-state index contributed by atoms with van der Waals surface area (Å²) < 4.78 is 3.11. The van der Waals surface area contributed by atoms with Crippen molar-refractivity contribution in [3.63, 3.8) is 0 Å². The van der Waals surface area contributed by atoms with Gasteiger partial charge in [0.05, 0.1) is 11.1 Å². The van der Waals surface area contributed by atoms with E-state index in [4.69, 9.17) is 5.26 Å². The molecule has 98 valence electrons. The van der Waals surface area contributed by atoms with Gasteiger partial charge in [-0.2, -0.15) is 5.26 Å². The van der Waals surface area contributed by atoms with Crippen LogP contribution in [-0.4, -0.2) is 9.55 Å². The van der Waals surface area contributed by atoms with Gasteiger partial charge in [0, 0.05) is 17.9 Å². The van der Waals surface area contributed by atoms with Crippen molar-refractivity contribution < 1.29 is 0 Å². The van der Waals surface area contributed by atoms with Crippen molar-refractivity contribution in [3.05, 3.63) is 63.9 Å². The molecule has 20 heavy (non-hydrogen) atoms. The summed E-state index contributed by atoms with van der Waals surface area (Å²) in [7, 11) is 1.99. The van der Waals surface area contributed by atoms with E-state index in [-0.39, 0.29) is 0 Å². The minimum atomic E-state index is 0.624. The van der Waals surface area contributed by atoms with Crippen molar-refractivity contribution in [2.45, 2.75) is 6.42 Å². The van der Waals surface area contributed by atoms with E-state index in [1.165, 1.54) is 5.56 Å². The maximum atomic E-state index is 9.16. The van der Waals surface area contributed by atoms with Crippen LogP contribution in [0.4, 0.5) is 0 Å². The summed E-state index contributed by atoms with van der Waals surface area (Å²) in [6.45, 7) is 0. The molecule has 2 aromatic carbocycles. The first-order valence-corrected chi connectivity index (χ1v) is 7.07. The lowest BCUT2D eigenvalue weighted by atomic mass is 10.1. The Kier molecular flexibility index (Phi) is 3.29. The van der Waals surface area contributed by atoms with Crippen molar-refractivity contribution in [1.82, 2.24) is 9.55 Å². The average Bonchev–Trinajstić information content (AvgIpc) is 2.76. The first kappa shape index (κ1) is 12.9. The summed E-state index contributed by atoms with van der Waals surface area (Å²) in [4.78, 5) is 4.63. The topological polar surface area (TPSA) is 41.6 Å². The third-order valence-corrected chi connectivity index (χ3v) is 3.87. The highest BCUT2D eigenvalue weighted by atomic mass is 79.9. The number of nitriles is 1. The first-order valence-electron chi connectivity index (χ1n) is 6.28. The van der Waals surface area contributed by atoms with Gasteiger partial charge >= 0.3 is 0 Å². The predicted molar refractivity (Wildman–Crippen MR) is 82.4 cm³/mol. The van der Waals surface area contributed by atoms with Crippen LogP contribution in [0.1, 0.15) is 17.0 Å². The fourth-order valence-electron chi connectivity index (χ4n) is 2.34. The Morgan fingerprint density at radius 3 is 2.80 bits per heavy atom. The summed E-state index contributed by atoms with van der Waals surface area (Å²) in [6, 6.07) is 16.1. The van der Waals surface area contributed by atoms with E-state index in [0.29, 0.717) is 5.56 Å². The Bertz CT molecular complexity index is 827. The molecule has 1 heterocycles. The van der Waals surface area contributed by atoms with Crippen molar-refractivity contribution >= 4 is 27.0 Å². The number of para-hydroxylation sites is 1. The zero-order valence-corrected chi connectivity index (χ0v) is 12.6. The largest absolute Gasteiger partial charge is 0.331 e. The number of halogens is 1. The smallest absolute Gasteiger partial charge is 0.114 e. The van der Waals surface area contributed by atoms with Gasteiger partial charge in [-0.05, 0) is 29.8 Å². The molecule has 1 aromatic heterocycles. The highest BCUT2D eigenvalue weighted by Crippen LogP contribution is 2.21. The minimum Gasteiger partial charge on any atom is -0.331 e. The van der Waals surface area contributed by atoms with Gasteiger partial charge in [-0.3, -0.25) is 0 Å². The third kappa shape index (κ3) is 2.21. The van der Waals surface area contributed by atoms with Gasteiger partial charge in [0.1, 0.15) is 17.4 Å². The van der Waals surface area contributed by atoms with Crippen LogP contribution in [0, 0.1) is 11.3 Å². The van der Waals surface area contributed by atoms with Gasteiger partial charge in [-0.15, -0.1) is 0 Å². The third-order valence-electron chi connectivity index (χ3n) is 3.38. The fraction of sp³-hybridized carbons (Fsp3) is 0.125. The zero-order chi connectivity index (χ0) is 14.1. The molecule has 0 fully saturated rings. The van der Waals surface area contributed by atoms with Gasteiger partial charge in [-0.1, -0.05) is 34.1 Å². The van der Waals surface area contributed by atoms with Crippen LogP contribution in [0.2, 0.25) is 0 Å². The summed E-state index contributed by atoms with van der Waals surface area (Å²) >= 11 is 3.48. The van der Waals surface area contributed by atoms with Crippen LogP contribution in [-0.2, 0) is 13.5 Å². The molecule has 0 amide bonds. The summed E-state index contributed by atoms with van der Waals surface area (Å²) in [5, 5.41) is 9.16. The lowest BCUT2D eigenvalue weighted by molar-refractivity contribution is 0.844. The molecule has 0 radical (unpaired) electrons. The number of benzene rings is 2. The molecule has 0 atom stereocenters. The number of fused-ring (bicyclic) bond motifs is 1. The Hall–Kier alpha value is -2.12. The van der Waals surface area contributed by atoms with Crippen LogP contribution in [0.3, 0.4) is 0 Å². The van der Waals surface area contributed by atoms with Crippen molar-refractivity contribution in [2.24, 2.45) is 7.05 Å². The average molecular weight is 326 g/mol. The summed E-state index contributed by atoms with van der Waals surface area (Å²) in [5.41, 5.74) is 3.59. The highest BCUT2D eigenvalue weighted by Gasteiger charge is 2.11. The monoisotopic (exact) mass is 325 g/mol. The maximum Gasteiger partial charge on any atom is 0.114 e. The lowest BCUT2D eigenvalue weighted by Gasteiger charge is -2.03. The van der Waals surface area contributed by atoms with E-state index in [1.807, 2.05) is 31.3 Å². The molecule has 0 saturated heterocycles. The van der Waals surface area contributed by atoms with Gasteiger partial charge < -0.3 is 4.57 Å². The molecule has 0 aliphatic rings. The number of rotatable bonds is 2. The van der Waals surface area contributed by atoms with E-state index in [1.54, 1.807) is 6.07 Å². The molecule has 0 spiro atoms. The van der Waals surface area contributed by atoms with Gasteiger partial charge in [0.2, 0.25) is 0 Å². The van der Waals surface area contributed by atoms with Gasteiger partial charge in [-0.25, -0.2) is 4.98 Å². The quantitative estimate of drug-likeness (QED) is 0.719. The van der Waals surface area contributed by atoms with Gasteiger partial charge in [0.15, 0.2) is 0 Å². The van der Waals surface area contributed by atoms with Gasteiger partial charge in [0.25, 0.3) is 0 Å². The van der Waals surface area contributed by atoms with Crippen LogP contribution >= 0.6 is 15.9 Å². The molecule has 3 rings (SSSR count). The fourth-order valence-corrected chi connectivity index (χ4v) is 2.79. The number of aromatic nitrogens is 2. The molecule has 0 saturated carbocycles. The van der Waals surface area contributed by atoms with Crippen LogP contribution < -0.4 is 0 Å². The van der Waals surface area contributed by atoms with Crippen molar-refractivity contribution in [2.75, 3.05) is 0 Å². The van der Waals surface area contributed by atoms with E-state index < -0.39 is 0 Å². The Morgan fingerprint density at radius 2 is 2.05 bits per heavy atom. The first-order chi connectivity index (χ1) is 9.69. The number of hydrogen-bond acceptors (Lipinski definition) is 2. The molecule has 3 nitrogen and oxygen atoms in total. The Labute approximate surface area is 125 Å². The van der Waals surface area contributed by atoms with E-state index in [9.17, 15) is 0 Å². The molecule has 4 heteroatoms. The molecular weight excluding hydrogens is 314 g/mol. The molecular formula is C16H12BrN3. The zero-order valence-electron chi connectivity index (χ0n) is 11.0. The van der Waals surface area contributed by atoms with E-state index >= 15 is 0 Å². The second kappa shape index (κ2) is 5.10. The number of hydrogen-bond donors (Lipinski definition) is 0. The number of imidazole rings is 1. The maximum absolute atomic E-state index is 9.16. The SMILES string of the molecule is Cn1c(Cc2cccc(Br)c2)nc2c(C#N)cccc21. The standard InChI is InChI=1S/C16H12BrN3/c1-20-14-7-3-5-12(10-18)16(14)19-15(20)9-11-4-2-6-13(17)8-11/h2-8H,9H2,1H3. The second-order valence-electron chi connectivity index (χ2n) is 4.68. The van der Waals surface area contributed by atoms with E-state index in [0.717, 1.165) is 27.8 Å². The molecule has 0 N–H and O–H groups in total. The predicted octanol–water partition coefficient (Wildman–Crippen LogP) is 3.80. The highest BCUT2D eigenvalue weighted by molar-refractivity contribution is 9.10. The number of aryl methyl sites for hydroxylation is 1. The molecule has 3 aromatic rings. The van der Waals surface area contributed by atoms with E-state index in [2.05, 4.69) is 43.7 Å². The van der Waals surface area contributed by atoms with Crippen molar-refractivity contribution in [3.8, 4) is 6.07 Å². The normalized spacial score (nSPS) is 10.7. The summed E-state index contributed by atoms with van der Waals surface area (Å²) in [5.74, 6) is 0.959. The lowest BCUT2D eigenvalue weighted by Crippen LogP contribution is -1.98. The Balaban J connectivity index is 2.09. The van der Waals surface area contributed by atoms with Crippen molar-refractivity contribution in [1.29, 1.82) is 5.26 Å². The number of nitrogens with zero attached hydrogens (tertiary/aromatic N) is 3. The second-order valence-corrected chi connectivity index (χ2v) is 5.59. The molecule has 0 aliphatic heterocycles. The molecule has 0 aliphatic carbocycles. The summed E-state index contributed by atoms with van der Waals surface area (Å²) in [6.07, 6.45) is 0.746. The molecule has 0 unspecified atom stereocenters. The minimum absolute atomic E-state index is 0.624. The Morgan fingerprint density at radius 1 is 1.25 bits per heavy atom.